The van der Waals surface area contributed by atoms with Gasteiger partial charge in [0.2, 0.25) is 15.9 Å². The molecule has 0 bridgehead atoms. The third kappa shape index (κ3) is 2.48. The Morgan fingerprint density at radius 1 is 1.35 bits per heavy atom. The first-order chi connectivity index (χ1) is 7.80. The molecular formula is C11H14N2O3S. The molecule has 1 aliphatic rings. The molecule has 0 radical (unpaired) electrons. The van der Waals surface area contributed by atoms with Gasteiger partial charge in [-0.15, -0.1) is 0 Å². The highest BCUT2D eigenvalue weighted by Gasteiger charge is 2.29. The summed E-state index contributed by atoms with van der Waals surface area (Å²) in [6.07, 6.45) is 0. The van der Waals surface area contributed by atoms with Crippen molar-refractivity contribution in [2.45, 2.75) is 24.3 Å². The number of nitrogens with zero attached hydrogens (tertiary/aromatic N) is 1. The maximum atomic E-state index is 11.4. The van der Waals surface area contributed by atoms with Gasteiger partial charge in [0.1, 0.15) is 6.61 Å². The number of benzene rings is 1. The van der Waals surface area contributed by atoms with Gasteiger partial charge in [0.15, 0.2) is 0 Å². The Morgan fingerprint density at radius 2 is 2.00 bits per heavy atom. The van der Waals surface area contributed by atoms with Crippen LogP contribution < -0.4 is 5.14 Å². The molecule has 2 N–H and O–H groups in total. The van der Waals surface area contributed by atoms with Gasteiger partial charge < -0.3 is 4.74 Å². The van der Waals surface area contributed by atoms with Gasteiger partial charge in [-0.25, -0.2) is 18.5 Å². The van der Waals surface area contributed by atoms with Crippen LogP contribution in [0.5, 0.6) is 0 Å². The number of hydrogen-bond donors (Lipinski definition) is 1. The Morgan fingerprint density at radius 3 is 2.53 bits per heavy atom. The predicted octanol–water partition coefficient (Wildman–Crippen LogP) is 0.889. The van der Waals surface area contributed by atoms with Crippen molar-refractivity contribution in [3.05, 3.63) is 29.8 Å². The van der Waals surface area contributed by atoms with Crippen LogP contribution in [-0.4, -0.2) is 26.5 Å². The van der Waals surface area contributed by atoms with Gasteiger partial charge in [-0.2, -0.15) is 0 Å². The Kier molecular flexibility index (Phi) is 2.71. The van der Waals surface area contributed by atoms with Crippen LogP contribution in [0.4, 0.5) is 0 Å². The number of rotatable bonds is 2. The second kappa shape index (κ2) is 3.82. The third-order valence-corrected chi connectivity index (χ3v) is 3.36. The Bertz CT molecular complexity index is 576. The van der Waals surface area contributed by atoms with Crippen LogP contribution >= 0.6 is 0 Å². The van der Waals surface area contributed by atoms with Crippen molar-refractivity contribution >= 4 is 15.9 Å². The van der Waals surface area contributed by atoms with Gasteiger partial charge in [-0.05, 0) is 26.0 Å². The zero-order chi connectivity index (χ0) is 12.7. The molecule has 0 aromatic heterocycles. The molecule has 0 saturated carbocycles. The fourth-order valence-corrected chi connectivity index (χ4v) is 2.34. The van der Waals surface area contributed by atoms with Gasteiger partial charge in [-0.1, -0.05) is 12.1 Å². The van der Waals surface area contributed by atoms with Crippen molar-refractivity contribution in [2.24, 2.45) is 10.1 Å². The van der Waals surface area contributed by atoms with E-state index in [1.54, 1.807) is 18.2 Å². The van der Waals surface area contributed by atoms with E-state index in [9.17, 15) is 8.42 Å². The topological polar surface area (TPSA) is 81.8 Å². The van der Waals surface area contributed by atoms with E-state index in [-0.39, 0.29) is 10.4 Å². The van der Waals surface area contributed by atoms with Crippen molar-refractivity contribution in [1.82, 2.24) is 0 Å². The van der Waals surface area contributed by atoms with Gasteiger partial charge >= 0.3 is 0 Å². The first kappa shape index (κ1) is 12.1. The van der Waals surface area contributed by atoms with Crippen molar-refractivity contribution in [2.75, 3.05) is 6.61 Å². The average Bonchev–Trinajstić information content (AvgIpc) is 2.58. The number of primary sulfonamides is 1. The molecule has 1 aromatic rings. The largest absolute Gasteiger partial charge is 0.475 e. The molecule has 0 amide bonds. The lowest BCUT2D eigenvalue weighted by Crippen LogP contribution is -2.17. The summed E-state index contributed by atoms with van der Waals surface area (Å²) in [4.78, 5) is 4.38. The zero-order valence-electron chi connectivity index (χ0n) is 9.67. The number of ether oxygens (including phenoxy) is 1. The molecule has 0 saturated heterocycles. The molecule has 0 atom stereocenters. The summed E-state index contributed by atoms with van der Waals surface area (Å²) in [6.45, 7) is 4.26. The molecule has 5 nitrogen and oxygen atoms in total. The summed E-state index contributed by atoms with van der Waals surface area (Å²) in [7, 11) is -3.77. The summed E-state index contributed by atoms with van der Waals surface area (Å²) >= 11 is 0. The van der Waals surface area contributed by atoms with Crippen molar-refractivity contribution in [3.63, 3.8) is 0 Å². The van der Waals surface area contributed by atoms with E-state index in [0.29, 0.717) is 18.1 Å². The van der Waals surface area contributed by atoms with Crippen LogP contribution in [0.1, 0.15) is 19.4 Å². The minimum Gasteiger partial charge on any atom is -0.475 e. The average molecular weight is 254 g/mol. The molecule has 0 unspecified atom stereocenters. The van der Waals surface area contributed by atoms with Crippen molar-refractivity contribution in [1.29, 1.82) is 0 Å². The quantitative estimate of drug-likeness (QED) is 0.850. The lowest BCUT2D eigenvalue weighted by atomic mass is 10.1. The summed E-state index contributed by atoms with van der Waals surface area (Å²) in [6, 6.07) is 6.42. The Balaban J connectivity index is 2.55. The van der Waals surface area contributed by atoms with Crippen LogP contribution in [0, 0.1) is 0 Å². The van der Waals surface area contributed by atoms with E-state index in [1.807, 2.05) is 13.8 Å². The molecule has 92 valence electrons. The Hall–Kier alpha value is -1.40. The lowest BCUT2D eigenvalue weighted by molar-refractivity contribution is 0.279. The predicted molar refractivity (Wildman–Crippen MR) is 64.4 cm³/mol. The number of aliphatic imine (C=N–C) groups is 1. The lowest BCUT2D eigenvalue weighted by Gasteiger charge is -2.07. The molecule has 1 aliphatic heterocycles. The molecule has 2 rings (SSSR count). The number of sulfonamides is 1. The van der Waals surface area contributed by atoms with E-state index < -0.39 is 10.0 Å². The van der Waals surface area contributed by atoms with Gasteiger partial charge in [-0.3, -0.25) is 0 Å². The Labute approximate surface area is 100 Å². The van der Waals surface area contributed by atoms with Crippen molar-refractivity contribution < 1.29 is 13.2 Å². The van der Waals surface area contributed by atoms with Crippen LogP contribution in [0.15, 0.2) is 34.2 Å². The highest BCUT2D eigenvalue weighted by molar-refractivity contribution is 7.89. The molecular weight excluding hydrogens is 240 g/mol. The summed E-state index contributed by atoms with van der Waals surface area (Å²) in [5.41, 5.74) is 0.0847. The maximum Gasteiger partial charge on any atom is 0.238 e. The SMILES string of the molecule is CC1(C)COC(c2ccccc2S(N)(=O)=O)=N1. The van der Waals surface area contributed by atoms with Gasteiger partial charge in [0.05, 0.1) is 16.0 Å². The molecule has 1 aromatic carbocycles. The van der Waals surface area contributed by atoms with Gasteiger partial charge in [0, 0.05) is 0 Å². The van der Waals surface area contributed by atoms with Crippen LogP contribution in [0.3, 0.4) is 0 Å². The van der Waals surface area contributed by atoms with E-state index in [1.165, 1.54) is 6.07 Å². The highest BCUT2D eigenvalue weighted by Crippen LogP contribution is 2.23. The molecule has 0 fully saturated rings. The second-order valence-electron chi connectivity index (χ2n) is 4.56. The monoisotopic (exact) mass is 254 g/mol. The minimum absolute atomic E-state index is 0.0384. The molecule has 1 heterocycles. The number of hydrogen-bond acceptors (Lipinski definition) is 4. The van der Waals surface area contributed by atoms with E-state index >= 15 is 0 Å². The first-order valence-electron chi connectivity index (χ1n) is 5.14. The normalized spacial score (nSPS) is 18.6. The molecule has 6 heteroatoms. The van der Waals surface area contributed by atoms with E-state index in [2.05, 4.69) is 4.99 Å². The molecule has 0 aliphatic carbocycles. The number of nitrogens with two attached hydrogens (primary N) is 1. The summed E-state index contributed by atoms with van der Waals surface area (Å²) < 4.78 is 28.3. The second-order valence-corrected chi connectivity index (χ2v) is 6.09. The van der Waals surface area contributed by atoms with Crippen molar-refractivity contribution in [3.8, 4) is 0 Å². The maximum absolute atomic E-state index is 11.4. The van der Waals surface area contributed by atoms with Crippen LogP contribution in [0.2, 0.25) is 0 Å². The molecule has 17 heavy (non-hydrogen) atoms. The zero-order valence-corrected chi connectivity index (χ0v) is 10.5. The van der Waals surface area contributed by atoms with Crippen LogP contribution in [-0.2, 0) is 14.8 Å². The third-order valence-electron chi connectivity index (χ3n) is 2.39. The summed E-state index contributed by atoms with van der Waals surface area (Å²) in [5.74, 6) is 0.333. The smallest absolute Gasteiger partial charge is 0.238 e. The molecule has 0 spiro atoms. The fraction of sp³-hybridized carbons (Fsp3) is 0.364. The van der Waals surface area contributed by atoms with E-state index in [0.717, 1.165) is 0 Å². The first-order valence-corrected chi connectivity index (χ1v) is 6.69. The van der Waals surface area contributed by atoms with E-state index in [4.69, 9.17) is 9.88 Å². The minimum atomic E-state index is -3.77. The van der Waals surface area contributed by atoms with Crippen LogP contribution in [0.25, 0.3) is 0 Å². The highest BCUT2D eigenvalue weighted by atomic mass is 32.2. The summed E-state index contributed by atoms with van der Waals surface area (Å²) in [5, 5.41) is 5.15. The fourth-order valence-electron chi connectivity index (χ4n) is 1.61. The standard InChI is InChI=1S/C11H14N2O3S/c1-11(2)7-16-10(13-11)8-5-3-4-6-9(8)17(12,14)15/h3-6H,7H2,1-2H3,(H2,12,14,15). The van der Waals surface area contributed by atoms with Gasteiger partial charge in [0.25, 0.3) is 0 Å².